The third-order valence-electron chi connectivity index (χ3n) is 3.55. The van der Waals surface area contributed by atoms with E-state index in [-0.39, 0.29) is 12.2 Å². The van der Waals surface area contributed by atoms with E-state index in [9.17, 15) is 19.2 Å². The van der Waals surface area contributed by atoms with Crippen LogP contribution in [0.25, 0.3) is 0 Å². The second kappa shape index (κ2) is 9.14. The molecule has 0 saturated heterocycles. The largest absolute Gasteiger partial charge is 0.465 e. The summed E-state index contributed by atoms with van der Waals surface area (Å²) >= 11 is 0. The van der Waals surface area contributed by atoms with Crippen molar-refractivity contribution in [3.63, 3.8) is 0 Å². The molecule has 2 N–H and O–H groups in total. The molecule has 27 heavy (non-hydrogen) atoms. The van der Waals surface area contributed by atoms with Gasteiger partial charge in [-0.3, -0.25) is 14.9 Å². The van der Waals surface area contributed by atoms with Gasteiger partial charge < -0.3 is 14.8 Å². The standard InChI is InChI=1S/C19H18N2O6/c1-26-18(24)13-5-9-14(10-6-13)20-17(23)11-16(22)12-3-7-15(8-4-12)21-19(25)27-2/h3-10H,11H2,1-2H3,(H,20,23)(H,21,25). The molecule has 0 aromatic heterocycles. The molecule has 0 radical (unpaired) electrons. The van der Waals surface area contributed by atoms with E-state index < -0.39 is 18.0 Å². The van der Waals surface area contributed by atoms with Crippen LogP contribution in [-0.4, -0.2) is 38.0 Å². The van der Waals surface area contributed by atoms with Gasteiger partial charge in [0.15, 0.2) is 5.78 Å². The van der Waals surface area contributed by atoms with Gasteiger partial charge in [-0.2, -0.15) is 0 Å². The Labute approximate surface area is 155 Å². The number of anilines is 2. The van der Waals surface area contributed by atoms with E-state index in [1.165, 1.54) is 50.6 Å². The molecule has 0 fully saturated rings. The van der Waals surface area contributed by atoms with E-state index in [1.807, 2.05) is 0 Å². The van der Waals surface area contributed by atoms with E-state index in [2.05, 4.69) is 20.1 Å². The third-order valence-corrected chi connectivity index (χ3v) is 3.55. The Morgan fingerprint density at radius 2 is 1.26 bits per heavy atom. The number of amides is 2. The quantitative estimate of drug-likeness (QED) is 0.459. The number of ketones is 1. The van der Waals surface area contributed by atoms with Crippen molar-refractivity contribution < 1.29 is 28.7 Å². The molecule has 0 unspecified atom stereocenters. The summed E-state index contributed by atoms with van der Waals surface area (Å²) in [7, 11) is 2.52. The number of Topliss-reactive ketones (excluding diaryl/α,β-unsaturated/α-hetero) is 1. The highest BCUT2D eigenvalue weighted by Gasteiger charge is 2.13. The number of carbonyl (C=O) groups excluding carboxylic acids is 4. The minimum absolute atomic E-state index is 0.335. The molecular weight excluding hydrogens is 352 g/mol. The zero-order valence-corrected chi connectivity index (χ0v) is 14.8. The second-order valence-corrected chi connectivity index (χ2v) is 5.41. The van der Waals surface area contributed by atoms with E-state index in [1.54, 1.807) is 12.1 Å². The zero-order valence-electron chi connectivity index (χ0n) is 14.8. The molecule has 2 aromatic rings. The van der Waals surface area contributed by atoms with Crippen LogP contribution in [0.4, 0.5) is 16.2 Å². The highest BCUT2D eigenvalue weighted by atomic mass is 16.5. The smallest absolute Gasteiger partial charge is 0.411 e. The molecule has 0 spiro atoms. The molecule has 2 amide bonds. The van der Waals surface area contributed by atoms with Crippen molar-refractivity contribution in [1.29, 1.82) is 0 Å². The van der Waals surface area contributed by atoms with Crippen LogP contribution in [0.1, 0.15) is 27.1 Å². The summed E-state index contributed by atoms with van der Waals surface area (Å²) in [6, 6.07) is 12.2. The van der Waals surface area contributed by atoms with Gasteiger partial charge in [0, 0.05) is 16.9 Å². The first-order chi connectivity index (χ1) is 12.9. The molecule has 0 aliphatic carbocycles. The average molecular weight is 370 g/mol. The molecule has 0 heterocycles. The maximum atomic E-state index is 12.2. The first-order valence-electron chi connectivity index (χ1n) is 7.89. The van der Waals surface area contributed by atoms with Gasteiger partial charge in [-0.15, -0.1) is 0 Å². The number of benzene rings is 2. The maximum Gasteiger partial charge on any atom is 0.411 e. The molecule has 0 saturated carbocycles. The molecule has 0 aliphatic heterocycles. The minimum atomic E-state index is -0.619. The molecule has 0 bridgehead atoms. The van der Waals surface area contributed by atoms with Gasteiger partial charge in [0.25, 0.3) is 0 Å². The van der Waals surface area contributed by atoms with Gasteiger partial charge in [-0.1, -0.05) is 0 Å². The first kappa shape index (κ1) is 19.6. The van der Waals surface area contributed by atoms with Crippen molar-refractivity contribution in [1.82, 2.24) is 0 Å². The molecule has 8 heteroatoms. The summed E-state index contributed by atoms with van der Waals surface area (Å²) in [5.74, 6) is -1.33. The molecule has 2 aromatic carbocycles. The number of rotatable bonds is 6. The highest BCUT2D eigenvalue weighted by molar-refractivity contribution is 6.11. The highest BCUT2D eigenvalue weighted by Crippen LogP contribution is 2.14. The Kier molecular flexibility index (Phi) is 6.65. The summed E-state index contributed by atoms with van der Waals surface area (Å²) in [5, 5.41) is 5.05. The fourth-order valence-corrected chi connectivity index (χ4v) is 2.17. The van der Waals surface area contributed by atoms with E-state index in [0.717, 1.165) is 0 Å². The predicted octanol–water partition coefficient (Wildman–Crippen LogP) is 2.86. The van der Waals surface area contributed by atoms with Crippen molar-refractivity contribution in [2.75, 3.05) is 24.9 Å². The fourth-order valence-electron chi connectivity index (χ4n) is 2.17. The van der Waals surface area contributed by atoms with Crippen molar-refractivity contribution >= 4 is 35.1 Å². The van der Waals surface area contributed by atoms with Crippen molar-refractivity contribution in [2.45, 2.75) is 6.42 Å². The zero-order chi connectivity index (χ0) is 19.8. The van der Waals surface area contributed by atoms with E-state index >= 15 is 0 Å². The number of nitrogens with one attached hydrogen (secondary N) is 2. The fraction of sp³-hybridized carbons (Fsp3) is 0.158. The lowest BCUT2D eigenvalue weighted by molar-refractivity contribution is -0.115. The van der Waals surface area contributed by atoms with Gasteiger partial charge in [-0.05, 0) is 48.5 Å². The molecule has 8 nitrogen and oxygen atoms in total. The number of ether oxygens (including phenoxy) is 2. The lowest BCUT2D eigenvalue weighted by Gasteiger charge is -2.07. The number of methoxy groups -OCH3 is 2. The maximum absolute atomic E-state index is 12.2. The Hall–Kier alpha value is -3.68. The molecule has 0 atom stereocenters. The molecule has 0 aliphatic rings. The van der Waals surface area contributed by atoms with Gasteiger partial charge in [0.2, 0.25) is 5.91 Å². The van der Waals surface area contributed by atoms with Crippen molar-refractivity contribution in [3.8, 4) is 0 Å². The monoisotopic (exact) mass is 370 g/mol. The van der Waals surface area contributed by atoms with Crippen LogP contribution >= 0.6 is 0 Å². The average Bonchev–Trinajstić information content (AvgIpc) is 2.68. The molecular formula is C19H18N2O6. The van der Waals surface area contributed by atoms with Crippen LogP contribution in [0.15, 0.2) is 48.5 Å². The van der Waals surface area contributed by atoms with Gasteiger partial charge >= 0.3 is 12.1 Å². The normalized spacial score (nSPS) is 9.85. The second-order valence-electron chi connectivity index (χ2n) is 5.41. The lowest BCUT2D eigenvalue weighted by Crippen LogP contribution is -2.17. The predicted molar refractivity (Wildman–Crippen MR) is 97.8 cm³/mol. The SMILES string of the molecule is COC(=O)Nc1ccc(C(=O)CC(=O)Nc2ccc(C(=O)OC)cc2)cc1. The van der Waals surface area contributed by atoms with Gasteiger partial charge in [0.05, 0.1) is 26.2 Å². The van der Waals surface area contributed by atoms with Crippen LogP contribution in [0.3, 0.4) is 0 Å². The van der Waals surface area contributed by atoms with Crippen LogP contribution in [0, 0.1) is 0 Å². The number of hydrogen-bond acceptors (Lipinski definition) is 6. The van der Waals surface area contributed by atoms with E-state index in [4.69, 9.17) is 0 Å². The van der Waals surface area contributed by atoms with E-state index in [0.29, 0.717) is 22.5 Å². The third kappa shape index (κ3) is 5.67. The molecule has 140 valence electrons. The minimum Gasteiger partial charge on any atom is -0.465 e. The van der Waals surface area contributed by atoms with Crippen molar-refractivity contribution in [2.24, 2.45) is 0 Å². The van der Waals surface area contributed by atoms with Crippen LogP contribution in [0.2, 0.25) is 0 Å². The molecule has 2 rings (SSSR count). The summed E-state index contributed by atoms with van der Waals surface area (Å²) in [5.41, 5.74) is 1.61. The van der Waals surface area contributed by atoms with Crippen LogP contribution in [-0.2, 0) is 14.3 Å². The Bertz CT molecular complexity index is 844. The van der Waals surface area contributed by atoms with Crippen LogP contribution in [0.5, 0.6) is 0 Å². The summed E-state index contributed by atoms with van der Waals surface area (Å²) in [6.07, 6.45) is -0.964. The Morgan fingerprint density at radius 1 is 0.741 bits per heavy atom. The summed E-state index contributed by atoms with van der Waals surface area (Å²) < 4.78 is 9.07. The Balaban J connectivity index is 1.92. The number of esters is 1. The van der Waals surface area contributed by atoms with Gasteiger partial charge in [0.1, 0.15) is 0 Å². The number of hydrogen-bond donors (Lipinski definition) is 2. The lowest BCUT2D eigenvalue weighted by atomic mass is 10.1. The Morgan fingerprint density at radius 3 is 1.78 bits per heavy atom. The summed E-state index contributed by atoms with van der Waals surface area (Å²) in [4.78, 5) is 46.7. The topological polar surface area (TPSA) is 111 Å². The van der Waals surface area contributed by atoms with Crippen molar-refractivity contribution in [3.05, 3.63) is 59.7 Å². The van der Waals surface area contributed by atoms with Gasteiger partial charge in [-0.25, -0.2) is 9.59 Å². The summed E-state index contributed by atoms with van der Waals surface area (Å²) in [6.45, 7) is 0. The number of carbonyl (C=O) groups is 4. The first-order valence-corrected chi connectivity index (χ1v) is 7.89. The van der Waals surface area contributed by atoms with Crippen LogP contribution < -0.4 is 10.6 Å².